The molecule has 2 atom stereocenters. The number of methoxy groups -OCH3 is 1. The molecule has 0 aliphatic heterocycles. The lowest BCUT2D eigenvalue weighted by atomic mass is 10.1. The standard InChI is InChI=1S/C15H23NO5S/c1-10-8-13(20-5)9-11(2)14(10)22(19)16(4)6-7-21-12(3)15(17)18/h8-9,12H,6-7H2,1-5H3,(H,17,18). The van der Waals surface area contributed by atoms with Gasteiger partial charge in [0, 0.05) is 13.6 Å². The maximum Gasteiger partial charge on any atom is 0.332 e. The van der Waals surface area contributed by atoms with Gasteiger partial charge in [0.1, 0.15) is 16.7 Å². The van der Waals surface area contributed by atoms with Crippen molar-refractivity contribution in [3.05, 3.63) is 23.3 Å². The van der Waals surface area contributed by atoms with Crippen molar-refractivity contribution in [2.24, 2.45) is 0 Å². The zero-order valence-corrected chi connectivity index (χ0v) is 14.4. The number of carbonyl (C=O) groups is 1. The number of carboxylic acid groups (broad SMARTS) is 1. The lowest BCUT2D eigenvalue weighted by molar-refractivity contribution is -0.149. The summed E-state index contributed by atoms with van der Waals surface area (Å²) >= 11 is 0. The fraction of sp³-hybridized carbons (Fsp3) is 0.533. The molecule has 0 aromatic heterocycles. The summed E-state index contributed by atoms with van der Waals surface area (Å²) in [7, 11) is 1.97. The Hall–Kier alpha value is -1.44. The van der Waals surface area contributed by atoms with E-state index in [9.17, 15) is 9.00 Å². The Labute approximate surface area is 133 Å². The Kier molecular flexibility index (Phi) is 6.99. The van der Waals surface area contributed by atoms with E-state index in [4.69, 9.17) is 14.6 Å². The Morgan fingerprint density at radius 1 is 1.36 bits per heavy atom. The van der Waals surface area contributed by atoms with Gasteiger partial charge in [-0.1, -0.05) is 0 Å². The van der Waals surface area contributed by atoms with Gasteiger partial charge in [-0.2, -0.15) is 0 Å². The van der Waals surface area contributed by atoms with E-state index < -0.39 is 23.1 Å². The third kappa shape index (κ3) is 4.79. The molecule has 22 heavy (non-hydrogen) atoms. The van der Waals surface area contributed by atoms with Crippen molar-refractivity contribution in [2.45, 2.75) is 31.8 Å². The van der Waals surface area contributed by atoms with Crippen molar-refractivity contribution in [2.75, 3.05) is 27.3 Å². The van der Waals surface area contributed by atoms with E-state index in [-0.39, 0.29) is 6.61 Å². The topological polar surface area (TPSA) is 76.1 Å². The Balaban J connectivity index is 2.73. The number of likely N-dealkylation sites (N-methyl/N-ethyl adjacent to an activating group) is 1. The number of aliphatic carboxylic acids is 1. The third-order valence-electron chi connectivity index (χ3n) is 3.25. The van der Waals surface area contributed by atoms with Crippen molar-refractivity contribution >= 4 is 17.0 Å². The van der Waals surface area contributed by atoms with Gasteiger partial charge >= 0.3 is 5.97 Å². The highest BCUT2D eigenvalue weighted by Gasteiger charge is 2.18. The minimum absolute atomic E-state index is 0.198. The average molecular weight is 329 g/mol. The minimum Gasteiger partial charge on any atom is -0.497 e. The van der Waals surface area contributed by atoms with Crippen LogP contribution in [0.2, 0.25) is 0 Å². The first-order chi connectivity index (χ1) is 10.3. The van der Waals surface area contributed by atoms with Crippen LogP contribution in [0.3, 0.4) is 0 Å². The second-order valence-electron chi connectivity index (χ2n) is 5.04. The molecule has 0 spiro atoms. The van der Waals surface area contributed by atoms with Gasteiger partial charge in [-0.15, -0.1) is 0 Å². The fourth-order valence-electron chi connectivity index (χ4n) is 1.97. The van der Waals surface area contributed by atoms with E-state index in [0.29, 0.717) is 6.54 Å². The number of hydrogen-bond acceptors (Lipinski definition) is 4. The van der Waals surface area contributed by atoms with Gasteiger partial charge < -0.3 is 14.6 Å². The van der Waals surface area contributed by atoms with Crippen molar-refractivity contribution in [1.82, 2.24) is 4.31 Å². The zero-order chi connectivity index (χ0) is 16.9. The number of benzene rings is 1. The summed E-state index contributed by atoms with van der Waals surface area (Å²) in [6.07, 6.45) is -0.869. The lowest BCUT2D eigenvalue weighted by Crippen LogP contribution is -2.29. The quantitative estimate of drug-likeness (QED) is 0.786. The van der Waals surface area contributed by atoms with E-state index in [1.165, 1.54) is 6.92 Å². The molecule has 1 aromatic carbocycles. The molecule has 1 N–H and O–H groups in total. The van der Waals surface area contributed by atoms with Crippen molar-refractivity contribution in [3.8, 4) is 5.75 Å². The van der Waals surface area contributed by atoms with Crippen LogP contribution in [0.25, 0.3) is 0 Å². The summed E-state index contributed by atoms with van der Waals surface area (Å²) < 4.78 is 24.6. The predicted octanol–water partition coefficient (Wildman–Crippen LogP) is 1.76. The molecule has 0 fully saturated rings. The average Bonchev–Trinajstić information content (AvgIpc) is 2.45. The molecule has 0 saturated carbocycles. The summed E-state index contributed by atoms with van der Waals surface area (Å²) in [5.41, 5.74) is 1.78. The lowest BCUT2D eigenvalue weighted by Gasteiger charge is -2.20. The third-order valence-corrected chi connectivity index (χ3v) is 4.99. The number of nitrogens with zero attached hydrogens (tertiary/aromatic N) is 1. The molecule has 124 valence electrons. The van der Waals surface area contributed by atoms with Crippen molar-refractivity contribution in [1.29, 1.82) is 0 Å². The normalized spacial score (nSPS) is 13.9. The van der Waals surface area contributed by atoms with Crippen molar-refractivity contribution < 1.29 is 23.6 Å². The maximum atomic E-state index is 12.6. The molecule has 7 heteroatoms. The van der Waals surface area contributed by atoms with Crippen LogP contribution in [0.5, 0.6) is 5.75 Å². The van der Waals surface area contributed by atoms with E-state index in [0.717, 1.165) is 21.8 Å². The number of carboxylic acids is 1. The summed E-state index contributed by atoms with van der Waals surface area (Å²) in [5, 5.41) is 8.75. The molecule has 0 heterocycles. The van der Waals surface area contributed by atoms with Gasteiger partial charge in [-0.05, 0) is 44.0 Å². The molecular formula is C15H23NO5S. The molecule has 0 bridgehead atoms. The first kappa shape index (κ1) is 18.6. The largest absolute Gasteiger partial charge is 0.497 e. The zero-order valence-electron chi connectivity index (χ0n) is 13.6. The van der Waals surface area contributed by atoms with Crippen LogP contribution in [0.4, 0.5) is 0 Å². The van der Waals surface area contributed by atoms with E-state index in [1.54, 1.807) is 18.5 Å². The minimum atomic E-state index is -1.34. The number of ether oxygens (including phenoxy) is 2. The highest BCUT2D eigenvalue weighted by Crippen LogP contribution is 2.25. The predicted molar refractivity (Wildman–Crippen MR) is 84.6 cm³/mol. The van der Waals surface area contributed by atoms with E-state index >= 15 is 0 Å². The van der Waals surface area contributed by atoms with Crippen LogP contribution >= 0.6 is 0 Å². The molecular weight excluding hydrogens is 306 g/mol. The Morgan fingerprint density at radius 2 is 1.91 bits per heavy atom. The summed E-state index contributed by atoms with van der Waals surface area (Å²) in [6, 6.07) is 3.69. The van der Waals surface area contributed by atoms with Crippen LogP contribution in [-0.4, -0.2) is 53.0 Å². The second kappa shape index (κ2) is 8.26. The van der Waals surface area contributed by atoms with E-state index in [2.05, 4.69) is 0 Å². The Morgan fingerprint density at radius 3 is 2.36 bits per heavy atom. The van der Waals surface area contributed by atoms with Gasteiger partial charge in [0.15, 0.2) is 6.10 Å². The van der Waals surface area contributed by atoms with Crippen LogP contribution in [0, 0.1) is 13.8 Å². The van der Waals surface area contributed by atoms with Gasteiger partial charge in [0.2, 0.25) is 0 Å². The number of rotatable bonds is 8. The number of hydrogen-bond donors (Lipinski definition) is 1. The van der Waals surface area contributed by atoms with Crippen LogP contribution in [0.15, 0.2) is 17.0 Å². The first-order valence-electron chi connectivity index (χ1n) is 6.90. The molecule has 1 aromatic rings. The Bertz CT molecular complexity index is 538. The molecule has 0 amide bonds. The monoisotopic (exact) mass is 329 g/mol. The molecule has 2 unspecified atom stereocenters. The van der Waals surface area contributed by atoms with Gasteiger partial charge in [0.25, 0.3) is 0 Å². The number of aryl methyl sites for hydroxylation is 2. The van der Waals surface area contributed by atoms with Gasteiger partial charge in [0.05, 0.1) is 18.6 Å². The van der Waals surface area contributed by atoms with E-state index in [1.807, 2.05) is 26.0 Å². The molecule has 0 aliphatic rings. The molecule has 1 rings (SSSR count). The van der Waals surface area contributed by atoms with Gasteiger partial charge in [-0.25, -0.2) is 13.3 Å². The van der Waals surface area contributed by atoms with Crippen molar-refractivity contribution in [3.63, 3.8) is 0 Å². The van der Waals surface area contributed by atoms with Crippen LogP contribution in [-0.2, 0) is 20.5 Å². The molecule has 0 aliphatic carbocycles. The summed E-state index contributed by atoms with van der Waals surface area (Å²) in [5.74, 6) is -0.275. The first-order valence-corrected chi connectivity index (χ1v) is 8.01. The molecule has 0 saturated heterocycles. The highest BCUT2D eigenvalue weighted by atomic mass is 32.2. The summed E-state index contributed by atoms with van der Waals surface area (Å²) in [4.78, 5) is 11.4. The second-order valence-corrected chi connectivity index (χ2v) is 6.57. The van der Waals surface area contributed by atoms with Gasteiger partial charge in [-0.3, -0.25) is 0 Å². The highest BCUT2D eigenvalue weighted by molar-refractivity contribution is 7.82. The SMILES string of the molecule is COc1cc(C)c(S(=O)N(C)CCOC(C)C(=O)O)c(C)c1. The molecule has 6 nitrogen and oxygen atoms in total. The van der Waals surface area contributed by atoms with Crippen LogP contribution in [0.1, 0.15) is 18.1 Å². The maximum absolute atomic E-state index is 12.6. The molecule has 0 radical (unpaired) electrons. The fourth-order valence-corrected chi connectivity index (χ4v) is 3.19. The smallest absolute Gasteiger partial charge is 0.332 e. The van der Waals surface area contributed by atoms with Crippen LogP contribution < -0.4 is 4.74 Å². The summed E-state index contributed by atoms with van der Waals surface area (Å²) in [6.45, 7) is 5.81.